The van der Waals surface area contributed by atoms with E-state index in [1.54, 1.807) is 0 Å². The summed E-state index contributed by atoms with van der Waals surface area (Å²) >= 11 is 0. The molecule has 0 radical (unpaired) electrons. The minimum absolute atomic E-state index is 0.124. The first-order valence-electron chi connectivity index (χ1n) is 10.3. The Hall–Kier alpha value is -3.21. The Bertz CT molecular complexity index is 923. The van der Waals surface area contributed by atoms with Crippen molar-refractivity contribution < 1.29 is 29.0 Å². The van der Waals surface area contributed by atoms with Crippen LogP contribution in [0.3, 0.4) is 0 Å². The maximum Gasteiger partial charge on any atom is 0.290 e. The number of hydrogen-bond acceptors (Lipinski definition) is 7. The van der Waals surface area contributed by atoms with Crippen molar-refractivity contribution in [3.8, 4) is 0 Å². The van der Waals surface area contributed by atoms with Gasteiger partial charge in [0.2, 0.25) is 5.91 Å². The number of aromatic amines is 1. The van der Waals surface area contributed by atoms with Crippen LogP contribution in [-0.2, 0) is 35.4 Å². The molecule has 2 aromatic heterocycles. The van der Waals surface area contributed by atoms with Crippen molar-refractivity contribution in [1.82, 2.24) is 25.8 Å². The van der Waals surface area contributed by atoms with Crippen LogP contribution in [0.25, 0.3) is 0 Å². The summed E-state index contributed by atoms with van der Waals surface area (Å²) < 4.78 is 5.18. The number of aromatic nitrogens is 3. The number of carboxylic acid groups (broad SMARTS) is 1. The van der Waals surface area contributed by atoms with Gasteiger partial charge in [0.15, 0.2) is 12.1 Å². The number of nitrogens with one attached hydrogen (secondary N) is 3. The number of aliphatic hydroxyl groups excluding tert-OH is 1. The monoisotopic (exact) mass is 433 g/mol. The third-order valence-electron chi connectivity index (χ3n) is 5.72. The van der Waals surface area contributed by atoms with Crippen LogP contribution in [0, 0.1) is 5.92 Å². The van der Waals surface area contributed by atoms with Gasteiger partial charge in [0.05, 0.1) is 24.4 Å². The molecular formula is C20H27N5O6. The van der Waals surface area contributed by atoms with Crippen molar-refractivity contribution in [2.45, 2.75) is 64.1 Å². The molecule has 168 valence electrons. The summed E-state index contributed by atoms with van der Waals surface area (Å²) in [5.74, 6) is -0.356. The summed E-state index contributed by atoms with van der Waals surface area (Å²) in [6, 6.07) is -0.487. The molecule has 2 heterocycles. The van der Waals surface area contributed by atoms with Gasteiger partial charge < -0.3 is 25.3 Å². The van der Waals surface area contributed by atoms with Crippen molar-refractivity contribution in [2.24, 2.45) is 5.92 Å². The van der Waals surface area contributed by atoms with Crippen molar-refractivity contribution in [2.75, 3.05) is 0 Å². The lowest BCUT2D eigenvalue weighted by molar-refractivity contribution is -0.125. The molecule has 11 heteroatoms. The van der Waals surface area contributed by atoms with Crippen LogP contribution in [0.5, 0.6) is 0 Å². The van der Waals surface area contributed by atoms with Crippen molar-refractivity contribution in [1.29, 1.82) is 0 Å². The van der Waals surface area contributed by atoms with E-state index in [9.17, 15) is 14.7 Å². The number of aliphatic hydroxyl groups is 1. The average Bonchev–Trinajstić information content (AvgIpc) is 3.52. The van der Waals surface area contributed by atoms with Crippen LogP contribution in [-0.4, -0.2) is 55.8 Å². The van der Waals surface area contributed by atoms with E-state index in [-0.39, 0.29) is 29.9 Å². The SMILES string of the molecule is CCc1ocnc1C(=O)N[C@@H]1C[C@H](C(=O)NCc2n[nH]c3c2CCC3)C[C@H]1O.O=CO. The summed E-state index contributed by atoms with van der Waals surface area (Å²) in [5.41, 5.74) is 3.51. The molecule has 31 heavy (non-hydrogen) atoms. The summed E-state index contributed by atoms with van der Waals surface area (Å²) in [5, 5.41) is 30.2. The predicted molar refractivity (Wildman–Crippen MR) is 107 cm³/mol. The Balaban J connectivity index is 0.000000858. The van der Waals surface area contributed by atoms with Gasteiger partial charge >= 0.3 is 0 Å². The number of hydrogen-bond donors (Lipinski definition) is 5. The first kappa shape index (κ1) is 22.5. The van der Waals surface area contributed by atoms with Crippen LogP contribution in [0.15, 0.2) is 10.8 Å². The van der Waals surface area contributed by atoms with E-state index >= 15 is 0 Å². The zero-order chi connectivity index (χ0) is 22.4. The molecule has 4 rings (SSSR count). The quantitative estimate of drug-likeness (QED) is 0.406. The molecule has 2 aromatic rings. The van der Waals surface area contributed by atoms with E-state index in [0.717, 1.165) is 25.0 Å². The molecule has 2 aliphatic carbocycles. The fourth-order valence-corrected chi connectivity index (χ4v) is 4.18. The fourth-order valence-electron chi connectivity index (χ4n) is 4.18. The minimum atomic E-state index is -0.772. The zero-order valence-electron chi connectivity index (χ0n) is 17.3. The molecule has 1 fully saturated rings. The number of aryl methyl sites for hydroxylation is 2. The lowest BCUT2D eigenvalue weighted by Gasteiger charge is -2.15. The third-order valence-corrected chi connectivity index (χ3v) is 5.72. The zero-order valence-corrected chi connectivity index (χ0v) is 17.3. The fraction of sp³-hybridized carbons (Fsp3) is 0.550. The van der Waals surface area contributed by atoms with Gasteiger partial charge in [-0.1, -0.05) is 6.92 Å². The highest BCUT2D eigenvalue weighted by Crippen LogP contribution is 2.27. The number of nitrogens with zero attached hydrogens (tertiary/aromatic N) is 2. The third kappa shape index (κ3) is 5.10. The van der Waals surface area contributed by atoms with E-state index in [1.165, 1.54) is 17.7 Å². The summed E-state index contributed by atoms with van der Waals surface area (Å²) in [7, 11) is 0. The van der Waals surface area contributed by atoms with Crippen molar-refractivity contribution in [3.05, 3.63) is 34.8 Å². The summed E-state index contributed by atoms with van der Waals surface area (Å²) in [4.78, 5) is 37.2. The standard InChI is InChI=1S/C19H25N5O4.CH2O2/c1-2-16-17(21-9-28-16)19(27)22-13-6-10(7-15(13)25)18(26)20-8-14-11-4-3-5-12(11)23-24-14;2-1-3/h9-10,13,15,25H,2-8H2,1H3,(H,20,26)(H,22,27)(H,23,24);1H,(H,2,3)/t10-,13+,15+;/m0./s1. The number of carbonyl (C=O) groups excluding carboxylic acids is 2. The predicted octanol–water partition coefficient (Wildman–Crippen LogP) is 0.335. The highest BCUT2D eigenvalue weighted by Gasteiger charge is 2.38. The van der Waals surface area contributed by atoms with Gasteiger partial charge in [-0.25, -0.2) is 4.98 Å². The van der Waals surface area contributed by atoms with E-state index < -0.39 is 12.1 Å². The number of fused-ring (bicyclic) bond motifs is 1. The van der Waals surface area contributed by atoms with Gasteiger partial charge in [0.25, 0.3) is 12.4 Å². The van der Waals surface area contributed by atoms with Crippen LogP contribution in [0.4, 0.5) is 0 Å². The molecule has 0 saturated heterocycles. The van der Waals surface area contributed by atoms with Gasteiger partial charge in [-0.05, 0) is 37.7 Å². The van der Waals surface area contributed by atoms with E-state index in [1.807, 2.05) is 6.92 Å². The normalized spacial score (nSPS) is 21.7. The molecule has 0 bridgehead atoms. The summed E-state index contributed by atoms with van der Waals surface area (Å²) in [6.07, 6.45) is 4.84. The number of oxazole rings is 1. The molecule has 0 aliphatic heterocycles. The first-order valence-corrected chi connectivity index (χ1v) is 10.3. The molecule has 0 unspecified atom stereocenters. The second-order valence-corrected chi connectivity index (χ2v) is 7.60. The molecule has 2 aliphatic rings. The van der Waals surface area contributed by atoms with E-state index in [0.29, 0.717) is 31.6 Å². The molecule has 2 amide bonds. The Kier molecular flexibility index (Phi) is 7.40. The number of rotatable bonds is 6. The Morgan fingerprint density at radius 3 is 2.87 bits per heavy atom. The number of H-pyrrole nitrogens is 1. The largest absolute Gasteiger partial charge is 0.483 e. The number of amides is 2. The Labute approximate surface area is 178 Å². The second-order valence-electron chi connectivity index (χ2n) is 7.60. The van der Waals surface area contributed by atoms with Gasteiger partial charge in [0.1, 0.15) is 5.76 Å². The molecule has 3 atom stereocenters. The second kappa shape index (κ2) is 10.2. The molecule has 5 N–H and O–H groups in total. The topological polar surface area (TPSA) is 170 Å². The minimum Gasteiger partial charge on any atom is -0.483 e. The van der Waals surface area contributed by atoms with Gasteiger partial charge in [-0.15, -0.1) is 0 Å². The van der Waals surface area contributed by atoms with Gasteiger partial charge in [0, 0.05) is 18.0 Å². The highest BCUT2D eigenvalue weighted by molar-refractivity contribution is 5.93. The lowest BCUT2D eigenvalue weighted by Crippen LogP contribution is -2.40. The lowest BCUT2D eigenvalue weighted by atomic mass is 10.1. The maximum absolute atomic E-state index is 12.5. The maximum atomic E-state index is 12.5. The Morgan fingerprint density at radius 1 is 1.35 bits per heavy atom. The first-order chi connectivity index (χ1) is 15.0. The van der Waals surface area contributed by atoms with Crippen molar-refractivity contribution >= 4 is 18.3 Å². The van der Waals surface area contributed by atoms with Crippen LogP contribution >= 0.6 is 0 Å². The van der Waals surface area contributed by atoms with Crippen LogP contribution in [0.1, 0.15) is 59.4 Å². The molecule has 11 nitrogen and oxygen atoms in total. The Morgan fingerprint density at radius 2 is 2.13 bits per heavy atom. The average molecular weight is 433 g/mol. The highest BCUT2D eigenvalue weighted by atomic mass is 16.3. The molecule has 0 aromatic carbocycles. The molecule has 0 spiro atoms. The van der Waals surface area contributed by atoms with Crippen molar-refractivity contribution in [3.63, 3.8) is 0 Å². The van der Waals surface area contributed by atoms with E-state index in [2.05, 4.69) is 25.8 Å². The van der Waals surface area contributed by atoms with E-state index in [4.69, 9.17) is 14.3 Å². The van der Waals surface area contributed by atoms with Gasteiger partial charge in [-0.3, -0.25) is 19.5 Å². The summed E-state index contributed by atoms with van der Waals surface area (Å²) in [6.45, 7) is 2.00. The van der Waals surface area contributed by atoms with Crippen LogP contribution < -0.4 is 10.6 Å². The molecule has 1 saturated carbocycles. The smallest absolute Gasteiger partial charge is 0.290 e. The molecular weight excluding hydrogens is 406 g/mol. The van der Waals surface area contributed by atoms with Gasteiger partial charge in [-0.2, -0.15) is 5.10 Å². The number of carbonyl (C=O) groups is 3. The van der Waals surface area contributed by atoms with Crippen LogP contribution in [0.2, 0.25) is 0 Å².